The predicted molar refractivity (Wildman–Crippen MR) is 101 cm³/mol. The lowest BCUT2D eigenvalue weighted by molar-refractivity contribution is -0.135. The van der Waals surface area contributed by atoms with Crippen molar-refractivity contribution in [3.8, 4) is 0 Å². The van der Waals surface area contributed by atoms with Gasteiger partial charge in [-0.05, 0) is 30.5 Å². The van der Waals surface area contributed by atoms with Gasteiger partial charge >= 0.3 is 0 Å². The average molecular weight is 369 g/mol. The number of imidazole rings is 1. The second-order valence-electron chi connectivity index (χ2n) is 7.32. The highest BCUT2D eigenvalue weighted by Crippen LogP contribution is 2.28. The maximum absolute atomic E-state index is 12.6. The van der Waals surface area contributed by atoms with Gasteiger partial charge in [-0.3, -0.25) is 9.78 Å². The number of hydrogen-bond donors (Lipinski definition) is 1. The summed E-state index contributed by atoms with van der Waals surface area (Å²) in [5.41, 5.74) is 1.22. The summed E-state index contributed by atoms with van der Waals surface area (Å²) in [7, 11) is 0. The zero-order valence-corrected chi connectivity index (χ0v) is 15.6. The standard InChI is InChI=1S/C20H27N5O2/c26-19(13-18-14-22-8-12-27-18)24-9-3-17(4-10-24)20-23-7-11-25(20)15-16-1-5-21-6-2-16/h1-2,5-7,11,17-18,22H,3-4,8-10,12-15H2/t18-/m0/s1. The maximum Gasteiger partial charge on any atom is 0.225 e. The van der Waals surface area contributed by atoms with Crippen molar-refractivity contribution in [3.05, 3.63) is 48.3 Å². The van der Waals surface area contributed by atoms with E-state index in [0.29, 0.717) is 18.9 Å². The van der Waals surface area contributed by atoms with E-state index >= 15 is 0 Å². The van der Waals surface area contributed by atoms with Crippen molar-refractivity contribution < 1.29 is 9.53 Å². The summed E-state index contributed by atoms with van der Waals surface area (Å²) in [5.74, 6) is 1.74. The first-order chi connectivity index (χ1) is 13.3. The first kappa shape index (κ1) is 18.1. The van der Waals surface area contributed by atoms with Crippen molar-refractivity contribution in [2.75, 3.05) is 32.8 Å². The van der Waals surface area contributed by atoms with Gasteiger partial charge in [-0.15, -0.1) is 0 Å². The van der Waals surface area contributed by atoms with E-state index in [-0.39, 0.29) is 12.0 Å². The minimum absolute atomic E-state index is 0.0169. The van der Waals surface area contributed by atoms with Gasteiger partial charge in [0.2, 0.25) is 5.91 Å². The number of carbonyl (C=O) groups excluding carboxylic acids is 1. The molecular weight excluding hydrogens is 342 g/mol. The molecule has 0 aromatic carbocycles. The molecule has 27 heavy (non-hydrogen) atoms. The summed E-state index contributed by atoms with van der Waals surface area (Å²) >= 11 is 0. The summed E-state index contributed by atoms with van der Waals surface area (Å²) in [6.45, 7) is 4.75. The Morgan fingerprint density at radius 2 is 2.04 bits per heavy atom. The van der Waals surface area contributed by atoms with E-state index in [1.54, 1.807) is 0 Å². The Bertz CT molecular complexity index is 734. The lowest BCUT2D eigenvalue weighted by atomic mass is 9.95. The van der Waals surface area contributed by atoms with Crippen LogP contribution in [0.15, 0.2) is 36.9 Å². The zero-order valence-electron chi connectivity index (χ0n) is 15.6. The number of likely N-dealkylation sites (tertiary alicyclic amines) is 1. The van der Waals surface area contributed by atoms with Crippen molar-refractivity contribution >= 4 is 5.91 Å². The van der Waals surface area contributed by atoms with Crippen molar-refractivity contribution in [2.24, 2.45) is 0 Å². The summed E-state index contributed by atoms with van der Waals surface area (Å²) in [6.07, 6.45) is 9.98. The van der Waals surface area contributed by atoms with Gasteiger partial charge in [0.05, 0.1) is 19.1 Å². The minimum atomic E-state index is 0.0169. The van der Waals surface area contributed by atoms with Crippen LogP contribution in [-0.4, -0.2) is 64.2 Å². The molecule has 1 N–H and O–H groups in total. The first-order valence-electron chi connectivity index (χ1n) is 9.79. The van der Waals surface area contributed by atoms with Crippen molar-refractivity contribution in [1.29, 1.82) is 0 Å². The van der Waals surface area contributed by atoms with E-state index in [2.05, 4.69) is 19.9 Å². The minimum Gasteiger partial charge on any atom is -0.375 e. The van der Waals surface area contributed by atoms with Crippen LogP contribution >= 0.6 is 0 Å². The smallest absolute Gasteiger partial charge is 0.225 e. The van der Waals surface area contributed by atoms with Crippen LogP contribution in [-0.2, 0) is 16.1 Å². The monoisotopic (exact) mass is 369 g/mol. The number of nitrogens with zero attached hydrogens (tertiary/aromatic N) is 4. The number of hydrogen-bond acceptors (Lipinski definition) is 5. The fourth-order valence-corrected chi connectivity index (χ4v) is 3.96. The molecule has 7 heteroatoms. The van der Waals surface area contributed by atoms with Crippen molar-refractivity contribution in [1.82, 2.24) is 24.8 Å². The largest absolute Gasteiger partial charge is 0.375 e. The van der Waals surface area contributed by atoms with Gasteiger partial charge in [0.15, 0.2) is 0 Å². The summed E-state index contributed by atoms with van der Waals surface area (Å²) in [4.78, 5) is 23.2. The number of ether oxygens (including phenoxy) is 1. The van der Waals surface area contributed by atoms with E-state index in [0.717, 1.165) is 51.4 Å². The molecule has 0 bridgehead atoms. The number of amides is 1. The molecule has 144 valence electrons. The van der Waals surface area contributed by atoms with Crippen LogP contribution in [0.25, 0.3) is 0 Å². The van der Waals surface area contributed by atoms with Gasteiger partial charge < -0.3 is 19.5 Å². The van der Waals surface area contributed by atoms with E-state index in [9.17, 15) is 4.79 Å². The molecular formula is C20H27N5O2. The third-order valence-corrected chi connectivity index (χ3v) is 5.47. The molecule has 2 aromatic heterocycles. The maximum atomic E-state index is 12.6. The predicted octanol–water partition coefficient (Wildman–Crippen LogP) is 1.41. The molecule has 0 unspecified atom stereocenters. The van der Waals surface area contributed by atoms with Crippen LogP contribution in [0.1, 0.15) is 36.6 Å². The Morgan fingerprint density at radius 3 is 2.78 bits per heavy atom. The van der Waals surface area contributed by atoms with Gasteiger partial charge in [0.1, 0.15) is 5.82 Å². The molecule has 2 fully saturated rings. The SMILES string of the molecule is O=C(C[C@H]1CNCCO1)N1CCC(c2nccn2Cc2ccncc2)CC1. The lowest BCUT2D eigenvalue weighted by Gasteiger charge is -2.33. The second kappa shape index (κ2) is 8.63. The van der Waals surface area contributed by atoms with Crippen LogP contribution in [0.5, 0.6) is 0 Å². The topological polar surface area (TPSA) is 72.3 Å². The van der Waals surface area contributed by atoms with Gasteiger partial charge in [-0.25, -0.2) is 4.98 Å². The Balaban J connectivity index is 1.32. The molecule has 4 rings (SSSR count). The molecule has 7 nitrogen and oxygen atoms in total. The molecule has 2 saturated heterocycles. The molecule has 1 amide bonds. The van der Waals surface area contributed by atoms with E-state index in [4.69, 9.17) is 4.74 Å². The molecule has 0 radical (unpaired) electrons. The molecule has 0 aliphatic carbocycles. The first-order valence-corrected chi connectivity index (χ1v) is 9.79. The van der Waals surface area contributed by atoms with Gasteiger partial charge in [0.25, 0.3) is 0 Å². The molecule has 1 atom stereocenters. The van der Waals surface area contributed by atoms with Gasteiger partial charge in [-0.1, -0.05) is 0 Å². The van der Waals surface area contributed by atoms with Gasteiger partial charge in [-0.2, -0.15) is 0 Å². The molecule has 0 saturated carbocycles. The van der Waals surface area contributed by atoms with Crippen LogP contribution in [0.2, 0.25) is 0 Å². The van der Waals surface area contributed by atoms with E-state index < -0.39 is 0 Å². The number of morpholine rings is 1. The fraction of sp³-hybridized carbons (Fsp3) is 0.550. The van der Waals surface area contributed by atoms with Crippen LogP contribution in [0.4, 0.5) is 0 Å². The molecule has 2 aliphatic rings. The summed E-state index contributed by atoms with van der Waals surface area (Å²) in [6, 6.07) is 4.07. The highest BCUT2D eigenvalue weighted by Gasteiger charge is 2.28. The number of pyridine rings is 1. The number of piperidine rings is 1. The summed E-state index contributed by atoms with van der Waals surface area (Å²) < 4.78 is 7.89. The average Bonchev–Trinajstić information content (AvgIpc) is 3.18. The van der Waals surface area contributed by atoms with Gasteiger partial charge in [0, 0.05) is 63.4 Å². The third kappa shape index (κ3) is 4.54. The van der Waals surface area contributed by atoms with Crippen LogP contribution in [0, 0.1) is 0 Å². The van der Waals surface area contributed by atoms with E-state index in [1.807, 2.05) is 41.8 Å². The molecule has 2 aromatic rings. The zero-order chi connectivity index (χ0) is 18.5. The van der Waals surface area contributed by atoms with Crippen molar-refractivity contribution in [3.63, 3.8) is 0 Å². The normalized spacial score (nSPS) is 21.3. The number of nitrogens with one attached hydrogen (secondary N) is 1. The van der Waals surface area contributed by atoms with Crippen LogP contribution < -0.4 is 5.32 Å². The quantitative estimate of drug-likeness (QED) is 0.863. The van der Waals surface area contributed by atoms with E-state index in [1.165, 1.54) is 5.56 Å². The Hall–Kier alpha value is -2.25. The lowest BCUT2D eigenvalue weighted by Crippen LogP contribution is -2.44. The molecule has 0 spiro atoms. The second-order valence-corrected chi connectivity index (χ2v) is 7.32. The number of carbonyl (C=O) groups is 1. The Morgan fingerprint density at radius 1 is 1.22 bits per heavy atom. The fourth-order valence-electron chi connectivity index (χ4n) is 3.96. The van der Waals surface area contributed by atoms with Crippen molar-refractivity contribution in [2.45, 2.75) is 37.8 Å². The highest BCUT2D eigenvalue weighted by atomic mass is 16.5. The molecule has 2 aliphatic heterocycles. The number of rotatable bonds is 5. The Kier molecular flexibility index (Phi) is 5.79. The highest BCUT2D eigenvalue weighted by molar-refractivity contribution is 5.76. The third-order valence-electron chi connectivity index (χ3n) is 5.47. The number of aromatic nitrogens is 3. The summed E-state index contributed by atoms with van der Waals surface area (Å²) in [5, 5.41) is 3.28. The Labute approximate surface area is 159 Å². The van der Waals surface area contributed by atoms with Crippen LogP contribution in [0.3, 0.4) is 0 Å². The molecule has 4 heterocycles.